The first-order chi connectivity index (χ1) is 6.72. The zero-order valence-corrected chi connectivity index (χ0v) is 7.94. The van der Waals surface area contributed by atoms with Crippen molar-refractivity contribution in [1.29, 1.82) is 0 Å². The van der Waals surface area contributed by atoms with Crippen LogP contribution in [0.15, 0.2) is 24.3 Å². The van der Waals surface area contributed by atoms with Crippen molar-refractivity contribution in [1.82, 2.24) is 0 Å². The summed E-state index contributed by atoms with van der Waals surface area (Å²) in [5.41, 5.74) is -0.299. The number of phenols is 1. The van der Waals surface area contributed by atoms with Crippen molar-refractivity contribution in [3.63, 3.8) is 0 Å². The van der Waals surface area contributed by atoms with Crippen LogP contribution in [-0.4, -0.2) is 23.4 Å². The molecule has 14 heavy (non-hydrogen) atoms. The largest absolute Gasteiger partial charge is 0.508 e. The number of phenolic OH excluding ortho intramolecular Hbond substituents is 1. The van der Waals surface area contributed by atoms with Crippen molar-refractivity contribution < 1.29 is 14.9 Å². The lowest BCUT2D eigenvalue weighted by atomic mass is 9.86. The first-order valence-corrected chi connectivity index (χ1v) is 4.81. The third kappa shape index (κ3) is 1.61. The van der Waals surface area contributed by atoms with Gasteiger partial charge >= 0.3 is 0 Å². The van der Waals surface area contributed by atoms with E-state index in [9.17, 15) is 10.2 Å². The highest BCUT2D eigenvalue weighted by molar-refractivity contribution is 5.36. The summed E-state index contributed by atoms with van der Waals surface area (Å²) in [6.45, 7) is 1.09. The summed E-state index contributed by atoms with van der Waals surface area (Å²) in [5, 5.41) is 19.9. The molecule has 2 rings (SSSR count). The molecule has 1 aromatic rings. The number of rotatable bonds is 1. The molecule has 3 nitrogen and oxygen atoms in total. The number of para-hydroxylation sites is 1. The molecular formula is C11H14O3. The summed E-state index contributed by atoms with van der Waals surface area (Å²) >= 11 is 0. The number of ether oxygens (including phenoxy) is 1. The topological polar surface area (TPSA) is 49.7 Å². The normalized spacial score (nSPS) is 20.6. The minimum atomic E-state index is -0.913. The lowest BCUT2D eigenvalue weighted by Gasteiger charge is -2.32. The molecule has 0 aliphatic carbocycles. The van der Waals surface area contributed by atoms with Crippen LogP contribution in [0.2, 0.25) is 0 Å². The van der Waals surface area contributed by atoms with Gasteiger partial charge in [0.15, 0.2) is 0 Å². The number of benzene rings is 1. The van der Waals surface area contributed by atoms with Gasteiger partial charge in [-0.1, -0.05) is 18.2 Å². The molecule has 1 aromatic carbocycles. The average molecular weight is 194 g/mol. The van der Waals surface area contributed by atoms with Crippen molar-refractivity contribution in [2.24, 2.45) is 0 Å². The van der Waals surface area contributed by atoms with Crippen LogP contribution in [0.3, 0.4) is 0 Å². The van der Waals surface area contributed by atoms with Crippen LogP contribution in [0, 0.1) is 0 Å². The average Bonchev–Trinajstić information content (AvgIpc) is 2.19. The summed E-state index contributed by atoms with van der Waals surface area (Å²) in [4.78, 5) is 0. The maximum atomic E-state index is 10.3. The molecule has 1 fully saturated rings. The van der Waals surface area contributed by atoms with Crippen molar-refractivity contribution in [2.45, 2.75) is 18.4 Å². The highest BCUT2D eigenvalue weighted by atomic mass is 16.5. The fourth-order valence-electron chi connectivity index (χ4n) is 1.85. The molecule has 0 bridgehead atoms. The Morgan fingerprint density at radius 1 is 1.14 bits per heavy atom. The minimum absolute atomic E-state index is 0.164. The molecule has 0 spiro atoms. The number of aromatic hydroxyl groups is 1. The van der Waals surface area contributed by atoms with E-state index in [4.69, 9.17) is 4.74 Å². The molecule has 2 N–H and O–H groups in total. The predicted octanol–water partition coefficient (Wildman–Crippen LogP) is 1.39. The molecule has 3 heteroatoms. The molecule has 0 amide bonds. The van der Waals surface area contributed by atoms with Crippen molar-refractivity contribution in [3.05, 3.63) is 29.8 Å². The van der Waals surface area contributed by atoms with Crippen molar-refractivity contribution in [2.75, 3.05) is 13.2 Å². The van der Waals surface area contributed by atoms with E-state index < -0.39 is 5.60 Å². The lowest BCUT2D eigenvalue weighted by molar-refractivity contribution is -0.0689. The first-order valence-electron chi connectivity index (χ1n) is 4.81. The van der Waals surface area contributed by atoms with E-state index in [0.29, 0.717) is 31.6 Å². The second-order valence-corrected chi connectivity index (χ2v) is 3.66. The summed E-state index contributed by atoms with van der Waals surface area (Å²) < 4.78 is 5.18. The van der Waals surface area contributed by atoms with E-state index in [1.54, 1.807) is 18.2 Å². The van der Waals surface area contributed by atoms with E-state index >= 15 is 0 Å². The zero-order chi connectivity index (χ0) is 10.0. The standard InChI is InChI=1S/C11H14O3/c12-10-4-2-1-3-9(10)11(13)5-7-14-8-6-11/h1-4,12-13H,5-8H2. The maximum absolute atomic E-state index is 10.3. The van der Waals surface area contributed by atoms with E-state index in [0.717, 1.165) is 0 Å². The smallest absolute Gasteiger partial charge is 0.121 e. The van der Waals surface area contributed by atoms with Gasteiger partial charge in [0.05, 0.1) is 5.60 Å². The van der Waals surface area contributed by atoms with E-state index in [-0.39, 0.29) is 5.75 Å². The lowest BCUT2D eigenvalue weighted by Crippen LogP contribution is -2.33. The summed E-state index contributed by atoms with van der Waals surface area (Å²) in [6, 6.07) is 6.94. The van der Waals surface area contributed by atoms with Crippen LogP contribution in [-0.2, 0) is 10.3 Å². The molecule has 1 aliphatic rings. The quantitative estimate of drug-likeness (QED) is 0.710. The highest BCUT2D eigenvalue weighted by Gasteiger charge is 2.33. The number of hydrogen-bond acceptors (Lipinski definition) is 3. The maximum Gasteiger partial charge on any atom is 0.121 e. The minimum Gasteiger partial charge on any atom is -0.508 e. The third-order valence-electron chi connectivity index (χ3n) is 2.73. The molecule has 0 unspecified atom stereocenters. The Labute approximate surface area is 83.0 Å². The molecule has 1 heterocycles. The number of aliphatic hydroxyl groups is 1. The van der Waals surface area contributed by atoms with Gasteiger partial charge in [-0.3, -0.25) is 0 Å². The van der Waals surface area contributed by atoms with Crippen LogP contribution < -0.4 is 0 Å². The highest BCUT2D eigenvalue weighted by Crippen LogP contribution is 2.36. The van der Waals surface area contributed by atoms with Crippen LogP contribution in [0.1, 0.15) is 18.4 Å². The zero-order valence-electron chi connectivity index (χ0n) is 7.94. The van der Waals surface area contributed by atoms with E-state index in [2.05, 4.69) is 0 Å². The Morgan fingerprint density at radius 3 is 2.43 bits per heavy atom. The van der Waals surface area contributed by atoms with Gasteiger partial charge in [-0.2, -0.15) is 0 Å². The molecule has 1 saturated heterocycles. The van der Waals surface area contributed by atoms with Gasteiger partial charge in [0.25, 0.3) is 0 Å². The Bertz CT molecular complexity index is 316. The molecule has 0 saturated carbocycles. The van der Waals surface area contributed by atoms with Crippen molar-refractivity contribution in [3.8, 4) is 5.75 Å². The van der Waals surface area contributed by atoms with Gasteiger partial charge in [-0.05, 0) is 6.07 Å². The summed E-state index contributed by atoms with van der Waals surface area (Å²) in [6.07, 6.45) is 1.09. The Kier molecular flexibility index (Phi) is 2.44. The predicted molar refractivity (Wildman–Crippen MR) is 52.1 cm³/mol. The Morgan fingerprint density at radius 2 is 1.79 bits per heavy atom. The van der Waals surface area contributed by atoms with Gasteiger partial charge in [-0.25, -0.2) is 0 Å². The van der Waals surface area contributed by atoms with Gasteiger partial charge in [-0.15, -0.1) is 0 Å². The fourth-order valence-corrected chi connectivity index (χ4v) is 1.85. The monoisotopic (exact) mass is 194 g/mol. The van der Waals surface area contributed by atoms with Gasteiger partial charge in [0, 0.05) is 31.6 Å². The molecule has 0 radical (unpaired) electrons. The molecule has 76 valence electrons. The molecular weight excluding hydrogens is 180 g/mol. The van der Waals surface area contributed by atoms with E-state index in [1.165, 1.54) is 0 Å². The summed E-state index contributed by atoms with van der Waals surface area (Å²) in [7, 11) is 0. The molecule has 0 atom stereocenters. The van der Waals surface area contributed by atoms with E-state index in [1.807, 2.05) is 6.07 Å². The van der Waals surface area contributed by atoms with Crippen LogP contribution in [0.5, 0.6) is 5.75 Å². The second kappa shape index (κ2) is 3.59. The Balaban J connectivity index is 2.32. The van der Waals surface area contributed by atoms with Crippen LogP contribution in [0.25, 0.3) is 0 Å². The molecule has 0 aromatic heterocycles. The van der Waals surface area contributed by atoms with Gasteiger partial charge < -0.3 is 14.9 Å². The number of hydrogen-bond donors (Lipinski definition) is 2. The second-order valence-electron chi connectivity index (χ2n) is 3.66. The fraction of sp³-hybridized carbons (Fsp3) is 0.455. The summed E-state index contributed by atoms with van der Waals surface area (Å²) in [5.74, 6) is 0.164. The van der Waals surface area contributed by atoms with Crippen molar-refractivity contribution >= 4 is 0 Å². The SMILES string of the molecule is Oc1ccccc1C1(O)CCOCC1. The van der Waals surface area contributed by atoms with Crippen LogP contribution in [0.4, 0.5) is 0 Å². The van der Waals surface area contributed by atoms with Gasteiger partial charge in [0.2, 0.25) is 0 Å². The Hall–Kier alpha value is -1.06. The van der Waals surface area contributed by atoms with Crippen LogP contribution >= 0.6 is 0 Å². The van der Waals surface area contributed by atoms with Gasteiger partial charge in [0.1, 0.15) is 5.75 Å². The first kappa shape index (κ1) is 9.49. The molecule has 1 aliphatic heterocycles. The third-order valence-corrected chi connectivity index (χ3v) is 2.73.